The van der Waals surface area contributed by atoms with Gasteiger partial charge in [-0.25, -0.2) is 0 Å². The van der Waals surface area contributed by atoms with E-state index in [1.165, 1.54) is 16.7 Å². The highest BCUT2D eigenvalue weighted by Crippen LogP contribution is 2.39. The van der Waals surface area contributed by atoms with Gasteiger partial charge in [0.25, 0.3) is 5.91 Å². The first-order chi connectivity index (χ1) is 21.9. The Bertz CT molecular complexity index is 1490. The van der Waals surface area contributed by atoms with Gasteiger partial charge >= 0.3 is 0 Å². The molecule has 1 heterocycles. The number of amides is 1. The van der Waals surface area contributed by atoms with E-state index < -0.39 is 0 Å². The Balaban J connectivity index is 1.24. The van der Waals surface area contributed by atoms with Crippen LogP contribution in [0.5, 0.6) is 11.5 Å². The Kier molecular flexibility index (Phi) is 11.3. The maximum Gasteiger partial charge on any atom is 0.251 e. The molecule has 45 heavy (non-hydrogen) atoms. The van der Waals surface area contributed by atoms with E-state index >= 15 is 0 Å². The van der Waals surface area contributed by atoms with E-state index in [1.807, 2.05) is 31.2 Å². The molecule has 2 N–H and O–H groups in total. The van der Waals surface area contributed by atoms with Crippen molar-refractivity contribution in [1.82, 2.24) is 5.32 Å². The summed E-state index contributed by atoms with van der Waals surface area (Å²) in [7, 11) is 0. The molecule has 236 valence electrons. The molecule has 0 radical (unpaired) electrons. The number of ether oxygens (including phenoxy) is 2. The number of carbonyl (C=O) groups excluding carboxylic acids is 1. The lowest BCUT2D eigenvalue weighted by atomic mass is 9.78. The smallest absolute Gasteiger partial charge is 0.251 e. The predicted molar refractivity (Wildman–Crippen MR) is 181 cm³/mol. The van der Waals surface area contributed by atoms with Gasteiger partial charge < -0.3 is 19.9 Å². The number of phenols is 1. The number of hydrogen-bond donors (Lipinski definition) is 2. The molecule has 4 aromatic rings. The fourth-order valence-electron chi connectivity index (χ4n) is 6.40. The Labute approximate surface area is 268 Å². The third-order valence-electron chi connectivity index (χ3n) is 9.21. The van der Waals surface area contributed by atoms with Crippen molar-refractivity contribution in [3.63, 3.8) is 0 Å². The van der Waals surface area contributed by atoms with Gasteiger partial charge in [0, 0.05) is 18.5 Å². The zero-order valence-corrected chi connectivity index (χ0v) is 26.9. The molecule has 0 saturated carbocycles. The summed E-state index contributed by atoms with van der Waals surface area (Å²) in [5, 5.41) is 13.0. The van der Waals surface area contributed by atoms with Gasteiger partial charge in [0.15, 0.2) is 6.29 Å². The van der Waals surface area contributed by atoms with Crippen LogP contribution >= 0.6 is 0 Å². The standard InChI is InChI=1S/C40H47NO4/c1-4-31(33-14-12-30(13-15-33)27-41-40(43)38-10-6-5-9-28(38)2)26-35(34-16-20-36(42)21-17-34)25-29(3)32-18-22-37(23-19-32)45-39-11-7-8-24-44-39/h5-6,9-10,12-23,29,31,35,39,42H,4,7-8,11,24-27H2,1-3H3,(H,41,43). The Morgan fingerprint density at radius 1 is 0.867 bits per heavy atom. The average molecular weight is 606 g/mol. The number of aryl methyl sites for hydroxylation is 1. The fourth-order valence-corrected chi connectivity index (χ4v) is 6.40. The van der Waals surface area contributed by atoms with Crippen LogP contribution in [0, 0.1) is 6.92 Å². The maximum absolute atomic E-state index is 12.7. The second-order valence-corrected chi connectivity index (χ2v) is 12.5. The van der Waals surface area contributed by atoms with Crippen molar-refractivity contribution in [1.29, 1.82) is 0 Å². The number of benzene rings is 4. The van der Waals surface area contributed by atoms with Gasteiger partial charge in [-0.3, -0.25) is 4.79 Å². The largest absolute Gasteiger partial charge is 0.508 e. The summed E-state index contributed by atoms with van der Waals surface area (Å²) in [6.07, 6.45) is 6.09. The number of carbonyl (C=O) groups is 1. The molecule has 1 amide bonds. The zero-order chi connectivity index (χ0) is 31.6. The van der Waals surface area contributed by atoms with Crippen LogP contribution in [0.1, 0.15) is 108 Å². The number of hydrogen-bond acceptors (Lipinski definition) is 4. The molecule has 0 spiro atoms. The van der Waals surface area contributed by atoms with Crippen LogP contribution < -0.4 is 10.1 Å². The second-order valence-electron chi connectivity index (χ2n) is 12.5. The lowest BCUT2D eigenvalue weighted by Crippen LogP contribution is -2.24. The third kappa shape index (κ3) is 8.98. The fraction of sp³-hybridized carbons (Fsp3) is 0.375. The minimum atomic E-state index is -0.141. The summed E-state index contributed by atoms with van der Waals surface area (Å²) in [6.45, 7) is 7.78. The topological polar surface area (TPSA) is 67.8 Å². The average Bonchev–Trinajstić information content (AvgIpc) is 3.07. The highest BCUT2D eigenvalue weighted by Gasteiger charge is 2.22. The van der Waals surface area contributed by atoms with Gasteiger partial charge in [-0.05, 0) is 115 Å². The molecule has 0 aliphatic carbocycles. The van der Waals surface area contributed by atoms with Crippen molar-refractivity contribution in [2.45, 2.75) is 89.9 Å². The predicted octanol–water partition coefficient (Wildman–Crippen LogP) is 9.40. The lowest BCUT2D eigenvalue weighted by Gasteiger charge is -2.27. The minimum Gasteiger partial charge on any atom is -0.508 e. The molecule has 1 aliphatic heterocycles. The van der Waals surface area contributed by atoms with Crippen molar-refractivity contribution >= 4 is 5.91 Å². The first-order valence-electron chi connectivity index (χ1n) is 16.5. The minimum absolute atomic E-state index is 0.0464. The second kappa shape index (κ2) is 15.8. The van der Waals surface area contributed by atoms with Gasteiger partial charge in [0.05, 0.1) is 6.61 Å². The SMILES string of the molecule is CCC(CC(CC(C)c1ccc(OC2CCCCO2)cc1)c1ccc(O)cc1)c1ccc(CNC(=O)c2ccccc2C)cc1. The van der Waals surface area contributed by atoms with E-state index in [0.717, 1.165) is 62.0 Å². The summed E-state index contributed by atoms with van der Waals surface area (Å²) < 4.78 is 11.8. The highest BCUT2D eigenvalue weighted by molar-refractivity contribution is 5.95. The normalized spacial score (nSPS) is 16.8. The molecular weight excluding hydrogens is 558 g/mol. The van der Waals surface area contributed by atoms with Crippen LogP contribution in [-0.2, 0) is 11.3 Å². The van der Waals surface area contributed by atoms with Crippen molar-refractivity contribution in [3.8, 4) is 11.5 Å². The molecular formula is C40H47NO4. The number of phenolic OH excluding ortho intramolecular Hbond substituents is 1. The van der Waals surface area contributed by atoms with Crippen molar-refractivity contribution < 1.29 is 19.4 Å². The molecule has 5 heteroatoms. The monoisotopic (exact) mass is 605 g/mol. The lowest BCUT2D eigenvalue weighted by molar-refractivity contribution is -0.105. The first-order valence-corrected chi connectivity index (χ1v) is 16.5. The maximum atomic E-state index is 12.7. The van der Waals surface area contributed by atoms with Gasteiger partial charge in [-0.1, -0.05) is 80.6 Å². The van der Waals surface area contributed by atoms with Crippen LogP contribution in [-0.4, -0.2) is 23.9 Å². The summed E-state index contributed by atoms with van der Waals surface area (Å²) >= 11 is 0. The van der Waals surface area contributed by atoms with Crippen LogP contribution in [0.2, 0.25) is 0 Å². The summed E-state index contributed by atoms with van der Waals surface area (Å²) in [4.78, 5) is 12.7. The highest BCUT2D eigenvalue weighted by atomic mass is 16.7. The quantitative estimate of drug-likeness (QED) is 0.159. The zero-order valence-electron chi connectivity index (χ0n) is 26.9. The summed E-state index contributed by atoms with van der Waals surface area (Å²) in [5.41, 5.74) is 6.64. The third-order valence-corrected chi connectivity index (χ3v) is 9.21. The van der Waals surface area contributed by atoms with E-state index in [2.05, 4.69) is 79.8 Å². The van der Waals surface area contributed by atoms with E-state index in [9.17, 15) is 9.90 Å². The van der Waals surface area contributed by atoms with Gasteiger partial charge in [-0.15, -0.1) is 0 Å². The van der Waals surface area contributed by atoms with Gasteiger partial charge in [0.1, 0.15) is 11.5 Å². The molecule has 5 rings (SSSR count). The van der Waals surface area contributed by atoms with Crippen LogP contribution in [0.3, 0.4) is 0 Å². The Hall–Kier alpha value is -4.09. The van der Waals surface area contributed by atoms with Crippen LogP contribution in [0.15, 0.2) is 97.1 Å². The molecule has 5 nitrogen and oxygen atoms in total. The number of aromatic hydroxyl groups is 1. The van der Waals surface area contributed by atoms with Gasteiger partial charge in [0.2, 0.25) is 0 Å². The number of nitrogens with one attached hydrogen (secondary N) is 1. The molecule has 0 aromatic heterocycles. The summed E-state index contributed by atoms with van der Waals surface area (Å²) in [6, 6.07) is 32.6. The van der Waals surface area contributed by atoms with Crippen LogP contribution in [0.25, 0.3) is 0 Å². The first kappa shape index (κ1) is 32.3. The Morgan fingerprint density at radius 2 is 1.53 bits per heavy atom. The van der Waals surface area contributed by atoms with E-state index in [1.54, 1.807) is 12.1 Å². The molecule has 4 unspecified atom stereocenters. The van der Waals surface area contributed by atoms with Crippen molar-refractivity contribution in [2.24, 2.45) is 0 Å². The molecule has 4 atom stereocenters. The van der Waals surface area contributed by atoms with Crippen molar-refractivity contribution in [2.75, 3.05) is 6.61 Å². The molecule has 1 saturated heterocycles. The molecule has 0 bridgehead atoms. The van der Waals surface area contributed by atoms with Gasteiger partial charge in [-0.2, -0.15) is 0 Å². The van der Waals surface area contributed by atoms with E-state index in [0.29, 0.717) is 35.6 Å². The van der Waals surface area contributed by atoms with Crippen molar-refractivity contribution in [3.05, 3.63) is 130 Å². The Morgan fingerprint density at radius 3 is 2.20 bits per heavy atom. The molecule has 1 fully saturated rings. The van der Waals surface area contributed by atoms with E-state index in [4.69, 9.17) is 9.47 Å². The molecule has 1 aliphatic rings. The van der Waals surface area contributed by atoms with Crippen LogP contribution in [0.4, 0.5) is 0 Å². The van der Waals surface area contributed by atoms with E-state index in [-0.39, 0.29) is 12.2 Å². The molecule has 4 aromatic carbocycles. The summed E-state index contributed by atoms with van der Waals surface area (Å²) in [5.74, 6) is 2.16. The number of rotatable bonds is 13.